The Kier molecular flexibility index (Phi) is 5.40. The Bertz CT molecular complexity index is 1260. The summed E-state index contributed by atoms with van der Waals surface area (Å²) in [5.74, 6) is -1.11. The van der Waals surface area contributed by atoms with Gasteiger partial charge in [0.05, 0.1) is 33.7 Å². The molecule has 0 bridgehead atoms. The fourth-order valence-electron chi connectivity index (χ4n) is 3.66. The van der Waals surface area contributed by atoms with E-state index in [4.69, 9.17) is 16.3 Å². The molecule has 0 saturated carbocycles. The van der Waals surface area contributed by atoms with Crippen LogP contribution in [-0.2, 0) is 14.8 Å². The molecule has 0 N–H and O–H groups in total. The van der Waals surface area contributed by atoms with Crippen molar-refractivity contribution in [3.63, 3.8) is 0 Å². The summed E-state index contributed by atoms with van der Waals surface area (Å²) < 4.78 is 33.3. The zero-order valence-electron chi connectivity index (χ0n) is 16.2. The van der Waals surface area contributed by atoms with E-state index in [2.05, 4.69) is 0 Å². The van der Waals surface area contributed by atoms with Gasteiger partial charge in [-0.1, -0.05) is 29.8 Å². The quantitative estimate of drug-likeness (QED) is 0.572. The smallest absolute Gasteiger partial charge is 0.340 e. The van der Waals surface area contributed by atoms with Crippen LogP contribution in [0.2, 0.25) is 5.02 Å². The maximum absolute atomic E-state index is 13.3. The van der Waals surface area contributed by atoms with Crippen molar-refractivity contribution in [2.24, 2.45) is 0 Å². The molecule has 0 unspecified atom stereocenters. The summed E-state index contributed by atoms with van der Waals surface area (Å²) in [6.45, 7) is 0.915. The first-order valence-corrected chi connectivity index (χ1v) is 11.2. The van der Waals surface area contributed by atoms with Crippen molar-refractivity contribution in [2.45, 2.75) is 17.7 Å². The molecule has 3 aromatic rings. The van der Waals surface area contributed by atoms with E-state index in [0.29, 0.717) is 24.0 Å². The largest absolute Gasteiger partial charge is 0.465 e. The van der Waals surface area contributed by atoms with Gasteiger partial charge in [-0.3, -0.25) is 9.36 Å². The molecular formula is C21H19ClN2O5S. The number of rotatable bonds is 4. The maximum Gasteiger partial charge on any atom is 0.340 e. The fourth-order valence-corrected chi connectivity index (χ4v) is 5.40. The number of sulfonamides is 1. The Morgan fingerprint density at radius 2 is 1.73 bits per heavy atom. The highest BCUT2D eigenvalue weighted by Gasteiger charge is 2.29. The molecule has 0 spiro atoms. The van der Waals surface area contributed by atoms with E-state index in [1.54, 1.807) is 24.3 Å². The lowest BCUT2D eigenvalue weighted by molar-refractivity contribution is 0.0603. The summed E-state index contributed by atoms with van der Waals surface area (Å²) in [7, 11) is -2.45. The SMILES string of the molecule is COC(=O)c1cn(C(=O)c2cc(S(=O)(=O)N3CCCC3)ccc2Cl)c2ccccc12. The van der Waals surface area contributed by atoms with Gasteiger partial charge < -0.3 is 4.74 Å². The molecule has 30 heavy (non-hydrogen) atoms. The van der Waals surface area contributed by atoms with Gasteiger partial charge in [0, 0.05) is 24.7 Å². The Morgan fingerprint density at radius 1 is 1.03 bits per heavy atom. The summed E-state index contributed by atoms with van der Waals surface area (Å²) >= 11 is 6.26. The molecule has 1 aliphatic heterocycles. The summed E-state index contributed by atoms with van der Waals surface area (Å²) in [6, 6.07) is 11.0. The Balaban J connectivity index is 1.82. The van der Waals surface area contributed by atoms with Gasteiger partial charge >= 0.3 is 5.97 Å². The van der Waals surface area contributed by atoms with E-state index in [1.165, 1.54) is 40.4 Å². The number of aromatic nitrogens is 1. The molecule has 2 heterocycles. The van der Waals surface area contributed by atoms with Crippen LogP contribution < -0.4 is 0 Å². The third kappa shape index (κ3) is 3.40. The van der Waals surface area contributed by atoms with Crippen LogP contribution in [-0.4, -0.2) is 49.4 Å². The molecule has 1 aliphatic rings. The average Bonchev–Trinajstić information content (AvgIpc) is 3.42. The minimum absolute atomic E-state index is 0.0156. The Morgan fingerprint density at radius 3 is 2.43 bits per heavy atom. The van der Waals surface area contributed by atoms with Crippen molar-refractivity contribution in [3.05, 3.63) is 64.8 Å². The highest BCUT2D eigenvalue weighted by atomic mass is 35.5. The molecule has 156 valence electrons. The molecule has 2 aromatic carbocycles. The fraction of sp³-hybridized carbons (Fsp3) is 0.238. The molecule has 0 amide bonds. The third-order valence-electron chi connectivity index (χ3n) is 5.21. The van der Waals surface area contributed by atoms with E-state index in [0.717, 1.165) is 12.8 Å². The number of fused-ring (bicyclic) bond motifs is 1. The normalized spacial score (nSPS) is 14.9. The van der Waals surface area contributed by atoms with Gasteiger partial charge in [-0.2, -0.15) is 4.31 Å². The van der Waals surface area contributed by atoms with Gasteiger partial charge in [-0.15, -0.1) is 0 Å². The van der Waals surface area contributed by atoms with Gasteiger partial charge in [0.15, 0.2) is 0 Å². The summed E-state index contributed by atoms with van der Waals surface area (Å²) in [6.07, 6.45) is 3.01. The zero-order chi connectivity index (χ0) is 21.5. The van der Waals surface area contributed by atoms with Crippen LogP contribution in [0.4, 0.5) is 0 Å². The molecule has 1 fully saturated rings. The van der Waals surface area contributed by atoms with Gasteiger partial charge in [-0.05, 0) is 37.1 Å². The molecule has 4 rings (SSSR count). The lowest BCUT2D eigenvalue weighted by Gasteiger charge is -2.16. The second-order valence-electron chi connectivity index (χ2n) is 6.98. The first-order valence-electron chi connectivity index (χ1n) is 9.37. The second kappa shape index (κ2) is 7.86. The van der Waals surface area contributed by atoms with Crippen LogP contribution >= 0.6 is 11.6 Å². The number of halogens is 1. The lowest BCUT2D eigenvalue weighted by atomic mass is 10.2. The number of methoxy groups -OCH3 is 1. The average molecular weight is 447 g/mol. The molecule has 1 saturated heterocycles. The molecule has 7 nitrogen and oxygen atoms in total. The van der Waals surface area contributed by atoms with Crippen LogP contribution in [0.3, 0.4) is 0 Å². The van der Waals surface area contributed by atoms with Gasteiger partial charge in [0.2, 0.25) is 10.0 Å². The predicted molar refractivity (Wildman–Crippen MR) is 112 cm³/mol. The van der Waals surface area contributed by atoms with Crippen molar-refractivity contribution < 1.29 is 22.7 Å². The molecule has 0 atom stereocenters. The zero-order valence-corrected chi connectivity index (χ0v) is 17.7. The van der Waals surface area contributed by atoms with E-state index < -0.39 is 21.9 Å². The van der Waals surface area contributed by atoms with Crippen LogP contribution in [0.5, 0.6) is 0 Å². The molecule has 1 aromatic heterocycles. The molecule has 0 aliphatic carbocycles. The van der Waals surface area contributed by atoms with Crippen molar-refractivity contribution in [3.8, 4) is 0 Å². The minimum atomic E-state index is -3.71. The number of esters is 1. The second-order valence-corrected chi connectivity index (χ2v) is 9.32. The maximum atomic E-state index is 13.3. The van der Waals surface area contributed by atoms with E-state index in [9.17, 15) is 18.0 Å². The topological polar surface area (TPSA) is 85.7 Å². The van der Waals surface area contributed by atoms with Crippen molar-refractivity contribution in [1.29, 1.82) is 0 Å². The van der Waals surface area contributed by atoms with Crippen LogP contribution in [0.15, 0.2) is 53.6 Å². The van der Waals surface area contributed by atoms with Crippen LogP contribution in [0.25, 0.3) is 10.9 Å². The number of carbonyl (C=O) groups excluding carboxylic acids is 2. The summed E-state index contributed by atoms with van der Waals surface area (Å²) in [4.78, 5) is 25.5. The van der Waals surface area contributed by atoms with E-state index in [-0.39, 0.29) is 21.0 Å². The van der Waals surface area contributed by atoms with Gasteiger partial charge in [0.1, 0.15) is 0 Å². The van der Waals surface area contributed by atoms with Gasteiger partial charge in [0.25, 0.3) is 5.91 Å². The summed E-state index contributed by atoms with van der Waals surface area (Å²) in [5.41, 5.74) is 0.763. The first-order chi connectivity index (χ1) is 14.3. The molecular weight excluding hydrogens is 428 g/mol. The van der Waals surface area contributed by atoms with Crippen LogP contribution in [0, 0.1) is 0 Å². The highest BCUT2D eigenvalue weighted by Crippen LogP contribution is 2.28. The molecule has 0 radical (unpaired) electrons. The highest BCUT2D eigenvalue weighted by molar-refractivity contribution is 7.89. The minimum Gasteiger partial charge on any atom is -0.465 e. The summed E-state index contributed by atoms with van der Waals surface area (Å²) in [5, 5.41) is 0.674. The third-order valence-corrected chi connectivity index (χ3v) is 7.43. The predicted octanol–water partition coefficient (Wildman–Crippen LogP) is 3.55. The standard InChI is InChI=1S/C21H19ClN2O5S/c1-29-21(26)17-13-24(19-7-3-2-6-15(17)19)20(25)16-12-14(8-9-18(16)22)30(27,28)23-10-4-5-11-23/h2-3,6-9,12-13H,4-5,10-11H2,1H3. The van der Waals surface area contributed by atoms with Crippen molar-refractivity contribution >= 4 is 44.4 Å². The number of nitrogens with zero attached hydrogens (tertiary/aromatic N) is 2. The Labute approximate surface area is 178 Å². The first kappa shape index (κ1) is 20.6. The number of ether oxygens (including phenoxy) is 1. The number of para-hydroxylation sites is 1. The van der Waals surface area contributed by atoms with Gasteiger partial charge in [-0.25, -0.2) is 13.2 Å². The van der Waals surface area contributed by atoms with Crippen LogP contribution in [0.1, 0.15) is 33.6 Å². The number of benzene rings is 2. The molecule has 9 heteroatoms. The lowest BCUT2D eigenvalue weighted by Crippen LogP contribution is -2.28. The van der Waals surface area contributed by atoms with Crippen molar-refractivity contribution in [2.75, 3.05) is 20.2 Å². The number of carbonyl (C=O) groups is 2. The number of hydrogen-bond acceptors (Lipinski definition) is 5. The van der Waals surface area contributed by atoms with E-state index in [1.807, 2.05) is 0 Å². The van der Waals surface area contributed by atoms with Crippen molar-refractivity contribution in [1.82, 2.24) is 8.87 Å². The van der Waals surface area contributed by atoms with E-state index >= 15 is 0 Å². The monoisotopic (exact) mass is 446 g/mol. The number of hydrogen-bond donors (Lipinski definition) is 0. The Hall–Kier alpha value is -2.68.